The van der Waals surface area contributed by atoms with E-state index in [-0.39, 0.29) is 22.2 Å². The van der Waals surface area contributed by atoms with Gasteiger partial charge in [-0.2, -0.15) is 13.2 Å². The zero-order chi connectivity index (χ0) is 16.8. The Morgan fingerprint density at radius 3 is 2.39 bits per heavy atom. The van der Waals surface area contributed by atoms with Crippen molar-refractivity contribution >= 4 is 21.9 Å². The second-order valence-corrected chi connectivity index (χ2v) is 5.97. The highest BCUT2D eigenvalue weighted by Gasteiger charge is 2.50. The highest BCUT2D eigenvalue weighted by molar-refractivity contribution is 9.10. The van der Waals surface area contributed by atoms with Crippen LogP contribution in [0.2, 0.25) is 0 Å². The number of hydrogen-bond acceptors (Lipinski definition) is 2. The topological polar surface area (TPSA) is 46.5 Å². The minimum atomic E-state index is -4.53. The van der Waals surface area contributed by atoms with Crippen molar-refractivity contribution in [2.24, 2.45) is 0 Å². The van der Waals surface area contributed by atoms with Crippen LogP contribution in [0, 0.1) is 0 Å². The van der Waals surface area contributed by atoms with E-state index in [0.717, 1.165) is 12.1 Å². The minimum absolute atomic E-state index is 0.135. The highest BCUT2D eigenvalue weighted by atomic mass is 79.9. The number of rotatable bonds is 2. The summed E-state index contributed by atoms with van der Waals surface area (Å²) in [5.41, 5.74) is -2.00. The fourth-order valence-electron chi connectivity index (χ4n) is 2.67. The van der Waals surface area contributed by atoms with Crippen LogP contribution in [0.1, 0.15) is 16.7 Å². The van der Waals surface area contributed by atoms with Gasteiger partial charge in [-0.25, -0.2) is 4.79 Å². The molecule has 1 unspecified atom stereocenters. The van der Waals surface area contributed by atoms with Crippen LogP contribution in [-0.2, 0) is 23.0 Å². The van der Waals surface area contributed by atoms with E-state index in [2.05, 4.69) is 15.9 Å². The Balaban J connectivity index is 2.13. The Labute approximate surface area is 137 Å². The summed E-state index contributed by atoms with van der Waals surface area (Å²) in [6, 6.07) is 10.2. The Morgan fingerprint density at radius 1 is 1.17 bits per heavy atom. The average molecular weight is 387 g/mol. The van der Waals surface area contributed by atoms with Gasteiger partial charge < -0.3 is 9.84 Å². The average Bonchev–Trinajstić information content (AvgIpc) is 2.89. The van der Waals surface area contributed by atoms with Crippen molar-refractivity contribution < 1.29 is 27.8 Å². The molecule has 1 heterocycles. The van der Waals surface area contributed by atoms with Gasteiger partial charge in [-0.15, -0.1) is 0 Å². The lowest BCUT2D eigenvalue weighted by atomic mass is 9.89. The fourth-order valence-corrected chi connectivity index (χ4v) is 3.36. The molecule has 3 nitrogen and oxygen atoms in total. The standard InChI is InChI=1S/C16H10BrF3O3/c17-13-10-8-15(14(21)22,9-4-2-1-3-5-9)23-12(10)7-6-11(13)16(18,19)20/h1-7H,8H2,(H,21,22). The lowest BCUT2D eigenvalue weighted by Crippen LogP contribution is -2.40. The molecular formula is C16H10BrF3O3. The highest BCUT2D eigenvalue weighted by Crippen LogP contribution is 2.48. The van der Waals surface area contributed by atoms with Crippen molar-refractivity contribution in [2.45, 2.75) is 18.2 Å². The first-order valence-corrected chi connectivity index (χ1v) is 7.41. The van der Waals surface area contributed by atoms with E-state index < -0.39 is 23.3 Å². The van der Waals surface area contributed by atoms with Gasteiger partial charge in [0.25, 0.3) is 0 Å². The van der Waals surface area contributed by atoms with Gasteiger partial charge in [-0.3, -0.25) is 0 Å². The minimum Gasteiger partial charge on any atom is -0.478 e. The van der Waals surface area contributed by atoms with E-state index in [1.54, 1.807) is 30.3 Å². The zero-order valence-corrected chi connectivity index (χ0v) is 13.1. The molecule has 0 spiro atoms. The number of aliphatic carboxylic acids is 1. The van der Waals surface area contributed by atoms with Gasteiger partial charge in [0.15, 0.2) is 0 Å². The number of benzene rings is 2. The van der Waals surface area contributed by atoms with Gasteiger partial charge in [0.2, 0.25) is 5.60 Å². The van der Waals surface area contributed by atoms with Gasteiger partial charge in [-0.1, -0.05) is 30.3 Å². The third-order valence-corrected chi connectivity index (χ3v) is 4.71. The summed E-state index contributed by atoms with van der Waals surface area (Å²) in [5, 5.41) is 9.65. The molecule has 1 atom stereocenters. The number of carboxylic acids is 1. The van der Waals surface area contributed by atoms with Crippen molar-refractivity contribution in [2.75, 3.05) is 0 Å². The SMILES string of the molecule is O=C(O)C1(c2ccccc2)Cc2c(ccc(C(F)(F)F)c2Br)O1. The van der Waals surface area contributed by atoms with E-state index in [0.29, 0.717) is 5.56 Å². The van der Waals surface area contributed by atoms with Crippen LogP contribution in [0.15, 0.2) is 46.9 Å². The summed E-state index contributed by atoms with van der Waals surface area (Å²) in [4.78, 5) is 11.8. The number of halogens is 4. The summed E-state index contributed by atoms with van der Waals surface area (Å²) in [6.07, 6.45) is -4.72. The van der Waals surface area contributed by atoms with Gasteiger partial charge in [0.1, 0.15) is 5.75 Å². The lowest BCUT2D eigenvalue weighted by molar-refractivity contribution is -0.154. The summed E-state index contributed by atoms with van der Waals surface area (Å²) in [7, 11) is 0. The van der Waals surface area contributed by atoms with Crippen molar-refractivity contribution in [3.8, 4) is 5.75 Å². The summed E-state index contributed by atoms with van der Waals surface area (Å²) in [6.45, 7) is 0. The van der Waals surface area contributed by atoms with Crippen LogP contribution < -0.4 is 4.74 Å². The maximum Gasteiger partial charge on any atom is 0.417 e. The van der Waals surface area contributed by atoms with E-state index in [9.17, 15) is 23.1 Å². The molecule has 1 N–H and O–H groups in total. The summed E-state index contributed by atoms with van der Waals surface area (Å²) >= 11 is 2.95. The monoisotopic (exact) mass is 386 g/mol. The van der Waals surface area contributed by atoms with Gasteiger partial charge >= 0.3 is 12.1 Å². The number of fused-ring (bicyclic) bond motifs is 1. The van der Waals surface area contributed by atoms with Crippen LogP contribution in [-0.4, -0.2) is 11.1 Å². The zero-order valence-electron chi connectivity index (χ0n) is 11.5. The predicted molar refractivity (Wildman–Crippen MR) is 79.2 cm³/mol. The first-order valence-electron chi connectivity index (χ1n) is 6.62. The van der Waals surface area contributed by atoms with E-state index >= 15 is 0 Å². The molecule has 0 bridgehead atoms. The van der Waals surface area contributed by atoms with Crippen molar-refractivity contribution in [3.05, 3.63) is 63.6 Å². The molecule has 1 aliphatic heterocycles. The number of ether oxygens (including phenoxy) is 1. The normalized spacial score (nSPS) is 20.0. The van der Waals surface area contributed by atoms with Gasteiger partial charge in [-0.05, 0) is 28.1 Å². The second kappa shape index (κ2) is 5.26. The molecule has 0 radical (unpaired) electrons. The second-order valence-electron chi connectivity index (χ2n) is 5.18. The van der Waals surface area contributed by atoms with Crippen LogP contribution in [0.25, 0.3) is 0 Å². The quantitative estimate of drug-likeness (QED) is 0.832. The number of carboxylic acid groups (broad SMARTS) is 1. The molecule has 2 aromatic rings. The Kier molecular flexibility index (Phi) is 3.63. The molecule has 0 aliphatic carbocycles. The number of alkyl halides is 3. The smallest absolute Gasteiger partial charge is 0.417 e. The summed E-state index contributed by atoms with van der Waals surface area (Å²) in [5.74, 6) is -1.11. The first kappa shape index (κ1) is 15.9. The van der Waals surface area contributed by atoms with Crippen molar-refractivity contribution in [1.82, 2.24) is 0 Å². The van der Waals surface area contributed by atoms with Crippen LogP contribution >= 0.6 is 15.9 Å². The van der Waals surface area contributed by atoms with E-state index in [1.165, 1.54) is 0 Å². The molecule has 2 aromatic carbocycles. The molecule has 0 aromatic heterocycles. The molecular weight excluding hydrogens is 377 g/mol. The van der Waals surface area contributed by atoms with E-state index in [1.807, 2.05) is 0 Å². The third kappa shape index (κ3) is 2.49. The van der Waals surface area contributed by atoms with Crippen LogP contribution in [0.4, 0.5) is 13.2 Å². The molecule has 0 amide bonds. The molecule has 3 rings (SSSR count). The maximum absolute atomic E-state index is 13.0. The number of hydrogen-bond donors (Lipinski definition) is 1. The fraction of sp³-hybridized carbons (Fsp3) is 0.188. The number of carbonyl (C=O) groups is 1. The molecule has 23 heavy (non-hydrogen) atoms. The van der Waals surface area contributed by atoms with E-state index in [4.69, 9.17) is 4.74 Å². The van der Waals surface area contributed by atoms with Crippen LogP contribution in [0.5, 0.6) is 5.75 Å². The maximum atomic E-state index is 13.0. The third-order valence-electron chi connectivity index (χ3n) is 3.80. The molecule has 1 aliphatic rings. The Morgan fingerprint density at radius 2 is 1.83 bits per heavy atom. The Hall–Kier alpha value is -2.02. The molecule has 0 fully saturated rings. The van der Waals surface area contributed by atoms with Gasteiger partial charge in [0.05, 0.1) is 5.56 Å². The molecule has 0 saturated heterocycles. The molecule has 7 heteroatoms. The lowest BCUT2D eigenvalue weighted by Gasteiger charge is -2.24. The largest absolute Gasteiger partial charge is 0.478 e. The Bertz CT molecular complexity index is 774. The molecule has 0 saturated carbocycles. The van der Waals surface area contributed by atoms with Crippen molar-refractivity contribution in [3.63, 3.8) is 0 Å². The van der Waals surface area contributed by atoms with Crippen LogP contribution in [0.3, 0.4) is 0 Å². The van der Waals surface area contributed by atoms with Crippen molar-refractivity contribution in [1.29, 1.82) is 0 Å². The van der Waals surface area contributed by atoms with Gasteiger partial charge in [0, 0.05) is 22.0 Å². The summed E-state index contributed by atoms with van der Waals surface area (Å²) < 4.78 is 44.4. The first-order chi connectivity index (χ1) is 10.8. The predicted octanol–water partition coefficient (Wildman–Crippen LogP) is 4.38. The molecule has 120 valence electrons.